The van der Waals surface area contributed by atoms with Gasteiger partial charge in [0.25, 0.3) is 5.91 Å². The van der Waals surface area contributed by atoms with Crippen molar-refractivity contribution in [2.75, 3.05) is 19.8 Å². The molecule has 23 heavy (non-hydrogen) atoms. The molecule has 1 aromatic carbocycles. The van der Waals surface area contributed by atoms with Gasteiger partial charge in [0.05, 0.1) is 0 Å². The van der Waals surface area contributed by atoms with Crippen molar-refractivity contribution in [2.24, 2.45) is 5.92 Å². The van der Waals surface area contributed by atoms with Crippen molar-refractivity contribution in [3.8, 4) is 11.4 Å². The first-order chi connectivity index (χ1) is 11.3. The minimum absolute atomic E-state index is 0.0341. The second-order valence-corrected chi connectivity index (χ2v) is 5.78. The molecule has 0 saturated carbocycles. The smallest absolute Gasteiger partial charge is 0.251 e. The molecule has 3 rings (SSSR count). The summed E-state index contributed by atoms with van der Waals surface area (Å²) in [5, 5.41) is 2.97. The lowest BCUT2D eigenvalue weighted by molar-refractivity contribution is 0.0952. The maximum atomic E-state index is 12.1. The van der Waals surface area contributed by atoms with E-state index >= 15 is 0 Å². The third-order valence-electron chi connectivity index (χ3n) is 4.07. The summed E-state index contributed by atoms with van der Waals surface area (Å²) in [6, 6.07) is 9.15. The van der Waals surface area contributed by atoms with Crippen molar-refractivity contribution in [1.82, 2.24) is 15.3 Å². The summed E-state index contributed by atoms with van der Waals surface area (Å²) >= 11 is 0. The molecule has 2 heterocycles. The molecule has 2 aromatic rings. The monoisotopic (exact) mass is 311 g/mol. The summed E-state index contributed by atoms with van der Waals surface area (Å²) in [5.41, 5.74) is 1.57. The Morgan fingerprint density at radius 2 is 2.00 bits per heavy atom. The van der Waals surface area contributed by atoms with E-state index in [9.17, 15) is 4.79 Å². The number of nitrogens with one attached hydrogen (secondary N) is 1. The number of ether oxygens (including phenoxy) is 1. The molecule has 1 aromatic heterocycles. The Hall–Kier alpha value is -2.27. The average Bonchev–Trinajstić information content (AvgIpc) is 3.13. The molecule has 1 aliphatic rings. The van der Waals surface area contributed by atoms with E-state index in [0.717, 1.165) is 38.0 Å². The van der Waals surface area contributed by atoms with Gasteiger partial charge in [-0.25, -0.2) is 9.97 Å². The highest BCUT2D eigenvalue weighted by Crippen LogP contribution is 2.17. The van der Waals surface area contributed by atoms with E-state index in [1.54, 1.807) is 18.5 Å². The minimum atomic E-state index is -0.0341. The van der Waals surface area contributed by atoms with Crippen molar-refractivity contribution in [1.29, 1.82) is 0 Å². The van der Waals surface area contributed by atoms with Crippen molar-refractivity contribution in [3.05, 3.63) is 48.3 Å². The molecule has 1 amide bonds. The van der Waals surface area contributed by atoms with Gasteiger partial charge in [-0.1, -0.05) is 12.1 Å². The zero-order chi connectivity index (χ0) is 15.9. The lowest BCUT2D eigenvalue weighted by Gasteiger charge is -2.08. The van der Waals surface area contributed by atoms with E-state index in [1.165, 1.54) is 0 Å². The minimum Gasteiger partial charge on any atom is -0.381 e. The lowest BCUT2D eigenvalue weighted by Crippen LogP contribution is -2.24. The number of nitrogens with zero attached hydrogens (tertiary/aromatic N) is 2. The van der Waals surface area contributed by atoms with Crippen LogP contribution in [-0.4, -0.2) is 35.6 Å². The number of hydrogen-bond donors (Lipinski definition) is 1. The number of carbonyl (C=O) groups is 1. The molecule has 1 atom stereocenters. The van der Waals surface area contributed by atoms with Gasteiger partial charge >= 0.3 is 0 Å². The number of carbonyl (C=O) groups excluding carboxylic acids is 1. The highest BCUT2D eigenvalue weighted by Gasteiger charge is 2.15. The van der Waals surface area contributed by atoms with Gasteiger partial charge in [0.1, 0.15) is 0 Å². The summed E-state index contributed by atoms with van der Waals surface area (Å²) in [5.74, 6) is 1.29. The first-order valence-electron chi connectivity index (χ1n) is 8.06. The van der Waals surface area contributed by atoms with Gasteiger partial charge in [-0.15, -0.1) is 0 Å². The number of hydrogen-bond acceptors (Lipinski definition) is 4. The van der Waals surface area contributed by atoms with Crippen LogP contribution in [0.4, 0.5) is 0 Å². The Morgan fingerprint density at radius 1 is 1.22 bits per heavy atom. The van der Waals surface area contributed by atoms with Crippen LogP contribution in [0.5, 0.6) is 0 Å². The van der Waals surface area contributed by atoms with E-state index in [-0.39, 0.29) is 5.91 Å². The Labute approximate surface area is 136 Å². The van der Waals surface area contributed by atoms with Crippen LogP contribution >= 0.6 is 0 Å². The zero-order valence-corrected chi connectivity index (χ0v) is 13.1. The molecule has 1 aliphatic heterocycles. The van der Waals surface area contributed by atoms with Crippen molar-refractivity contribution < 1.29 is 9.53 Å². The summed E-state index contributed by atoms with van der Waals surface area (Å²) in [6.45, 7) is 2.46. The van der Waals surface area contributed by atoms with Crippen molar-refractivity contribution in [2.45, 2.75) is 19.3 Å². The van der Waals surface area contributed by atoms with Gasteiger partial charge in [0.2, 0.25) is 0 Å². The SMILES string of the molecule is O=C(NCCC[C@@H]1CCOC1)c1ccc(-c2ncccn2)cc1. The van der Waals surface area contributed by atoms with Crippen LogP contribution in [0.25, 0.3) is 11.4 Å². The van der Waals surface area contributed by atoms with E-state index in [0.29, 0.717) is 23.9 Å². The summed E-state index contributed by atoms with van der Waals surface area (Å²) < 4.78 is 5.35. The van der Waals surface area contributed by atoms with Crippen LogP contribution in [0, 0.1) is 5.92 Å². The number of aromatic nitrogens is 2. The standard InChI is InChI=1S/C18H21N3O2/c22-18(21-9-1-3-14-8-12-23-13-14)16-6-4-15(5-7-16)17-19-10-2-11-20-17/h2,4-7,10-11,14H,1,3,8-9,12-13H2,(H,21,22)/t14-/m1/s1. The van der Waals surface area contributed by atoms with Gasteiger partial charge in [-0.3, -0.25) is 4.79 Å². The first-order valence-corrected chi connectivity index (χ1v) is 8.06. The van der Waals surface area contributed by atoms with Crippen LogP contribution in [0.1, 0.15) is 29.6 Å². The Bertz CT molecular complexity index is 622. The second kappa shape index (κ2) is 7.83. The summed E-state index contributed by atoms with van der Waals surface area (Å²) in [4.78, 5) is 20.5. The van der Waals surface area contributed by atoms with E-state index in [1.807, 2.05) is 24.3 Å². The van der Waals surface area contributed by atoms with E-state index < -0.39 is 0 Å². The maximum absolute atomic E-state index is 12.1. The van der Waals surface area contributed by atoms with Crippen LogP contribution in [0.15, 0.2) is 42.7 Å². The molecule has 1 saturated heterocycles. The quantitative estimate of drug-likeness (QED) is 0.833. The van der Waals surface area contributed by atoms with Crippen LogP contribution in [0.2, 0.25) is 0 Å². The number of rotatable bonds is 6. The molecule has 0 aliphatic carbocycles. The Kier molecular flexibility index (Phi) is 5.32. The van der Waals surface area contributed by atoms with Crippen LogP contribution in [0.3, 0.4) is 0 Å². The lowest BCUT2D eigenvalue weighted by atomic mass is 10.0. The molecule has 1 fully saturated rings. The molecular weight excluding hydrogens is 290 g/mol. The molecule has 5 nitrogen and oxygen atoms in total. The normalized spacial score (nSPS) is 17.1. The average molecular weight is 311 g/mol. The summed E-state index contributed by atoms with van der Waals surface area (Å²) in [7, 11) is 0. The highest BCUT2D eigenvalue weighted by molar-refractivity contribution is 5.94. The Morgan fingerprint density at radius 3 is 2.70 bits per heavy atom. The predicted octanol–water partition coefficient (Wildman–Crippen LogP) is 2.69. The highest BCUT2D eigenvalue weighted by atomic mass is 16.5. The first kappa shape index (κ1) is 15.6. The molecule has 5 heteroatoms. The van der Waals surface area contributed by atoms with Gasteiger partial charge in [0, 0.05) is 43.3 Å². The zero-order valence-electron chi connectivity index (χ0n) is 13.1. The fourth-order valence-electron chi connectivity index (χ4n) is 2.72. The van der Waals surface area contributed by atoms with Crippen molar-refractivity contribution >= 4 is 5.91 Å². The summed E-state index contributed by atoms with van der Waals surface area (Å²) in [6.07, 6.45) is 6.67. The molecule has 0 spiro atoms. The topological polar surface area (TPSA) is 64.1 Å². The van der Waals surface area contributed by atoms with Crippen LogP contribution in [-0.2, 0) is 4.74 Å². The second-order valence-electron chi connectivity index (χ2n) is 5.78. The predicted molar refractivity (Wildman–Crippen MR) is 88.0 cm³/mol. The van der Waals surface area contributed by atoms with Gasteiger partial charge in [0.15, 0.2) is 5.82 Å². The molecule has 120 valence electrons. The molecular formula is C18H21N3O2. The largest absolute Gasteiger partial charge is 0.381 e. The molecule has 0 unspecified atom stereocenters. The fourth-order valence-corrected chi connectivity index (χ4v) is 2.72. The van der Waals surface area contributed by atoms with Gasteiger partial charge in [-0.05, 0) is 43.4 Å². The third kappa shape index (κ3) is 4.36. The number of amides is 1. The molecule has 0 radical (unpaired) electrons. The van der Waals surface area contributed by atoms with Gasteiger partial charge in [-0.2, -0.15) is 0 Å². The van der Waals surface area contributed by atoms with Crippen molar-refractivity contribution in [3.63, 3.8) is 0 Å². The Balaban J connectivity index is 1.47. The number of benzene rings is 1. The molecule has 1 N–H and O–H groups in total. The fraction of sp³-hybridized carbons (Fsp3) is 0.389. The van der Waals surface area contributed by atoms with Gasteiger partial charge < -0.3 is 10.1 Å². The molecule has 0 bridgehead atoms. The third-order valence-corrected chi connectivity index (χ3v) is 4.07. The van der Waals surface area contributed by atoms with E-state index in [4.69, 9.17) is 4.74 Å². The maximum Gasteiger partial charge on any atom is 0.251 e. The van der Waals surface area contributed by atoms with E-state index in [2.05, 4.69) is 15.3 Å². The van der Waals surface area contributed by atoms with Crippen LogP contribution < -0.4 is 5.32 Å².